The Labute approximate surface area is 38.3 Å². The van der Waals surface area contributed by atoms with E-state index in [1.165, 1.54) is 0 Å². The van der Waals surface area contributed by atoms with Crippen LogP contribution in [0.25, 0.3) is 0 Å². The Hall–Kier alpha value is -0.465. The van der Waals surface area contributed by atoms with Crippen molar-refractivity contribution in [1.29, 1.82) is 0 Å². The lowest BCUT2D eigenvalue weighted by Crippen LogP contribution is -2.15. The zero-order valence-corrected chi connectivity index (χ0v) is 3.69. The van der Waals surface area contributed by atoms with Crippen LogP contribution in [0.15, 0.2) is 0 Å². The molecule has 0 aromatic carbocycles. The summed E-state index contributed by atoms with van der Waals surface area (Å²) in [7, 11) is 6.42. The van der Waals surface area contributed by atoms with E-state index < -0.39 is 0 Å². The van der Waals surface area contributed by atoms with Crippen molar-refractivity contribution in [2.24, 2.45) is 0 Å². The summed E-state index contributed by atoms with van der Waals surface area (Å²) in [4.78, 5) is 9.94. The molecule has 0 unspecified atom stereocenters. The van der Waals surface area contributed by atoms with Gasteiger partial charge in [0, 0.05) is 7.05 Å². The summed E-state index contributed by atoms with van der Waals surface area (Å²) < 4.78 is 0. The average molecular weight is 82.9 g/mol. The van der Waals surface area contributed by atoms with E-state index in [4.69, 9.17) is 7.85 Å². The van der Waals surface area contributed by atoms with Crippen LogP contribution in [0, 0.1) is 0 Å². The lowest BCUT2D eigenvalue weighted by molar-refractivity contribution is -0.118. The van der Waals surface area contributed by atoms with Crippen LogP contribution in [0.5, 0.6) is 0 Å². The number of carbonyl (C=O) groups excluding carboxylic acids is 1. The van der Waals surface area contributed by atoms with Crippen LogP contribution in [-0.2, 0) is 4.79 Å². The first-order valence-corrected chi connectivity index (χ1v) is 1.72. The van der Waals surface area contributed by atoms with E-state index in [1.54, 1.807) is 7.05 Å². The highest BCUT2D eigenvalue weighted by atomic mass is 16.1. The van der Waals surface area contributed by atoms with Gasteiger partial charge in [-0.25, -0.2) is 0 Å². The second-order valence-corrected chi connectivity index (χ2v) is 0.877. The smallest absolute Gasteiger partial charge is 0.211 e. The largest absolute Gasteiger partial charge is 0.360 e. The topological polar surface area (TPSA) is 29.1 Å². The summed E-state index contributed by atoms with van der Waals surface area (Å²) in [6, 6.07) is 0. The maximum atomic E-state index is 9.94. The quantitative estimate of drug-likeness (QED) is 0.418. The van der Waals surface area contributed by atoms with Crippen LogP contribution in [0.2, 0.25) is 6.32 Å². The van der Waals surface area contributed by atoms with Gasteiger partial charge in [0.1, 0.15) is 0 Å². The third-order valence-corrected chi connectivity index (χ3v) is 0.464. The van der Waals surface area contributed by atoms with Crippen molar-refractivity contribution in [3.63, 3.8) is 0 Å². The summed E-state index contributed by atoms with van der Waals surface area (Å²) in [6.45, 7) is 0. The molecule has 3 heteroatoms. The molecule has 0 aromatic heterocycles. The molecule has 0 saturated heterocycles. The van der Waals surface area contributed by atoms with Crippen molar-refractivity contribution >= 4 is 13.8 Å². The molecule has 0 aliphatic rings. The van der Waals surface area contributed by atoms with Gasteiger partial charge in [-0.2, -0.15) is 0 Å². The molecular weight excluding hydrogens is 76.9 g/mol. The highest BCUT2D eigenvalue weighted by Crippen LogP contribution is 1.64. The van der Waals surface area contributed by atoms with Crippen LogP contribution in [-0.4, -0.2) is 20.8 Å². The Balaban J connectivity index is 2.99. The molecular formula is C3H6BNO. The fourth-order valence-corrected chi connectivity index (χ4v) is 0.102. The van der Waals surface area contributed by atoms with Gasteiger partial charge in [0.15, 0.2) is 0 Å². The van der Waals surface area contributed by atoms with Gasteiger partial charge in [-0.3, -0.25) is 4.79 Å². The minimum absolute atomic E-state index is 0.0799. The monoisotopic (exact) mass is 83.1 g/mol. The highest BCUT2D eigenvalue weighted by molar-refractivity contribution is 6.19. The predicted octanol–water partition coefficient (Wildman–Crippen LogP) is -0.681. The minimum atomic E-state index is -0.130. The number of hydrogen-bond donors (Lipinski definition) is 1. The van der Waals surface area contributed by atoms with Crippen LogP contribution in [0.3, 0.4) is 0 Å². The second-order valence-electron chi connectivity index (χ2n) is 0.877. The van der Waals surface area contributed by atoms with Crippen molar-refractivity contribution in [3.8, 4) is 0 Å². The maximum absolute atomic E-state index is 9.94. The lowest BCUT2D eigenvalue weighted by Gasteiger charge is -1.87. The van der Waals surface area contributed by atoms with Crippen LogP contribution in [0.4, 0.5) is 0 Å². The molecule has 0 fully saturated rings. The average Bonchev–Trinajstić information content (AvgIpc) is 1.65. The third kappa shape index (κ3) is 1.82. The van der Waals surface area contributed by atoms with E-state index in [2.05, 4.69) is 5.32 Å². The second kappa shape index (κ2) is 2.76. The first-order chi connectivity index (χ1) is 2.81. The normalized spacial score (nSPS) is 7.50. The standard InChI is InChI=1S/C3H6BNO/c1-5-3(6)2-4/h2H2,1H3,(H,5,6). The molecule has 6 heavy (non-hydrogen) atoms. The summed E-state index contributed by atoms with van der Waals surface area (Å²) in [5, 5.41) is 2.35. The van der Waals surface area contributed by atoms with Gasteiger partial charge in [-0.05, 0) is 6.32 Å². The van der Waals surface area contributed by atoms with Crippen LogP contribution in [0.1, 0.15) is 0 Å². The Morgan fingerprint density at radius 2 is 2.50 bits per heavy atom. The molecule has 0 aromatic rings. The molecule has 0 rings (SSSR count). The van der Waals surface area contributed by atoms with E-state index in [9.17, 15) is 4.79 Å². The fourth-order valence-electron chi connectivity index (χ4n) is 0.102. The summed E-state index contributed by atoms with van der Waals surface area (Å²) in [5.41, 5.74) is 0. The molecule has 0 heterocycles. The Morgan fingerprint density at radius 1 is 2.00 bits per heavy atom. The highest BCUT2D eigenvalue weighted by Gasteiger charge is 1.84. The molecule has 2 radical (unpaired) electrons. The number of carbonyl (C=O) groups is 1. The first-order valence-electron chi connectivity index (χ1n) is 1.72. The Bertz CT molecular complexity index is 48.8. The third-order valence-electron chi connectivity index (χ3n) is 0.464. The Kier molecular flexibility index (Phi) is 2.54. The van der Waals surface area contributed by atoms with Crippen molar-refractivity contribution < 1.29 is 4.79 Å². The van der Waals surface area contributed by atoms with Crippen molar-refractivity contribution in [1.82, 2.24) is 5.32 Å². The molecule has 32 valence electrons. The molecule has 2 nitrogen and oxygen atoms in total. The zero-order chi connectivity index (χ0) is 4.99. The van der Waals surface area contributed by atoms with Gasteiger partial charge in [-0.1, -0.05) is 0 Å². The summed E-state index contributed by atoms with van der Waals surface area (Å²) in [6.07, 6.45) is 0.0799. The van der Waals surface area contributed by atoms with Crippen molar-refractivity contribution in [2.75, 3.05) is 7.05 Å². The van der Waals surface area contributed by atoms with Gasteiger partial charge in [0.25, 0.3) is 0 Å². The summed E-state index contributed by atoms with van der Waals surface area (Å²) in [5.74, 6) is -0.130. The molecule has 0 bridgehead atoms. The zero-order valence-electron chi connectivity index (χ0n) is 3.69. The van der Waals surface area contributed by atoms with Gasteiger partial charge in [0.2, 0.25) is 5.91 Å². The van der Waals surface area contributed by atoms with E-state index in [0.29, 0.717) is 0 Å². The molecule has 0 aliphatic carbocycles. The van der Waals surface area contributed by atoms with Gasteiger partial charge in [-0.15, -0.1) is 0 Å². The van der Waals surface area contributed by atoms with E-state index in [0.717, 1.165) is 0 Å². The lowest BCUT2D eigenvalue weighted by atomic mass is 10.1. The number of nitrogens with one attached hydrogen (secondary N) is 1. The minimum Gasteiger partial charge on any atom is -0.360 e. The molecule has 0 atom stereocenters. The predicted molar refractivity (Wildman–Crippen MR) is 24.6 cm³/mol. The van der Waals surface area contributed by atoms with E-state index in [1.807, 2.05) is 0 Å². The first kappa shape index (κ1) is 5.53. The van der Waals surface area contributed by atoms with Gasteiger partial charge < -0.3 is 5.32 Å². The SMILES string of the molecule is [B]CC(=O)NC. The van der Waals surface area contributed by atoms with E-state index in [-0.39, 0.29) is 12.2 Å². The molecule has 0 spiro atoms. The molecule has 0 aliphatic heterocycles. The van der Waals surface area contributed by atoms with Gasteiger partial charge in [0.05, 0.1) is 7.85 Å². The number of rotatable bonds is 1. The maximum Gasteiger partial charge on any atom is 0.211 e. The van der Waals surface area contributed by atoms with Crippen LogP contribution >= 0.6 is 0 Å². The summed E-state index contributed by atoms with van der Waals surface area (Å²) >= 11 is 0. The fraction of sp³-hybridized carbons (Fsp3) is 0.667. The Morgan fingerprint density at radius 3 is 2.50 bits per heavy atom. The van der Waals surface area contributed by atoms with Crippen molar-refractivity contribution in [2.45, 2.75) is 6.32 Å². The van der Waals surface area contributed by atoms with Crippen LogP contribution < -0.4 is 5.32 Å². The number of amides is 1. The molecule has 0 saturated carbocycles. The van der Waals surface area contributed by atoms with Gasteiger partial charge >= 0.3 is 0 Å². The number of hydrogen-bond acceptors (Lipinski definition) is 1. The molecule has 1 N–H and O–H groups in total. The molecule has 1 amide bonds. The van der Waals surface area contributed by atoms with Crippen molar-refractivity contribution in [3.05, 3.63) is 0 Å². The van der Waals surface area contributed by atoms with E-state index >= 15 is 0 Å².